The number of aliphatic hydroxyl groups is 1. The predicted molar refractivity (Wildman–Crippen MR) is 75.7 cm³/mol. The van der Waals surface area contributed by atoms with Crippen LogP contribution in [0.3, 0.4) is 0 Å². The molecule has 1 aromatic carbocycles. The van der Waals surface area contributed by atoms with E-state index in [0.29, 0.717) is 13.0 Å². The minimum absolute atomic E-state index is 0.152. The van der Waals surface area contributed by atoms with Crippen LogP contribution in [0.25, 0.3) is 0 Å². The summed E-state index contributed by atoms with van der Waals surface area (Å²) in [7, 11) is 0. The van der Waals surface area contributed by atoms with Gasteiger partial charge in [0, 0.05) is 23.4 Å². The predicted octanol–water partition coefficient (Wildman–Crippen LogP) is 2.61. The van der Waals surface area contributed by atoms with Crippen molar-refractivity contribution in [1.82, 2.24) is 4.98 Å². The van der Waals surface area contributed by atoms with Crippen LogP contribution in [0.15, 0.2) is 29.6 Å². The lowest BCUT2D eigenvalue weighted by Gasteiger charge is -2.28. The van der Waals surface area contributed by atoms with Crippen molar-refractivity contribution in [1.29, 1.82) is 0 Å². The molecule has 19 heavy (non-hydrogen) atoms. The van der Waals surface area contributed by atoms with Crippen LogP contribution in [0.4, 0.5) is 0 Å². The lowest BCUT2D eigenvalue weighted by molar-refractivity contribution is 0.0652. The number of para-hydroxylation sites is 1. The molecule has 100 valence electrons. The Labute approximate surface area is 116 Å². The second-order valence-electron chi connectivity index (χ2n) is 5.04. The van der Waals surface area contributed by atoms with Crippen LogP contribution in [0.2, 0.25) is 0 Å². The summed E-state index contributed by atoms with van der Waals surface area (Å²) in [5, 5.41) is 13.4. The molecule has 0 bridgehead atoms. The van der Waals surface area contributed by atoms with Crippen molar-refractivity contribution < 1.29 is 9.84 Å². The minimum atomic E-state index is -0.390. The summed E-state index contributed by atoms with van der Waals surface area (Å²) in [6.07, 6.45) is 1.11. The Hall–Kier alpha value is -1.39. The highest BCUT2D eigenvalue weighted by atomic mass is 32.1. The molecule has 0 aliphatic carbocycles. The summed E-state index contributed by atoms with van der Waals surface area (Å²) < 4.78 is 5.72. The highest BCUT2D eigenvalue weighted by Crippen LogP contribution is 2.29. The molecule has 0 amide bonds. The summed E-state index contributed by atoms with van der Waals surface area (Å²) in [4.78, 5) is 4.41. The fraction of sp³-hybridized carbons (Fsp3) is 0.400. The van der Waals surface area contributed by atoms with Gasteiger partial charge in [0.15, 0.2) is 0 Å². The molecular formula is C15H17NO2S. The molecule has 0 saturated heterocycles. The third-order valence-electron chi connectivity index (χ3n) is 3.50. The van der Waals surface area contributed by atoms with Crippen molar-refractivity contribution in [3.05, 3.63) is 45.9 Å². The number of fused-ring (bicyclic) bond motifs is 1. The molecule has 1 aliphatic heterocycles. The van der Waals surface area contributed by atoms with Gasteiger partial charge in [0.1, 0.15) is 5.75 Å². The van der Waals surface area contributed by atoms with Gasteiger partial charge in [-0.15, -0.1) is 11.3 Å². The van der Waals surface area contributed by atoms with Gasteiger partial charge in [0.2, 0.25) is 0 Å². The number of benzene rings is 1. The summed E-state index contributed by atoms with van der Waals surface area (Å²) in [5.74, 6) is 1.11. The van der Waals surface area contributed by atoms with Gasteiger partial charge in [-0.3, -0.25) is 0 Å². The number of hydrogen-bond acceptors (Lipinski definition) is 4. The minimum Gasteiger partial charge on any atom is -0.493 e. The van der Waals surface area contributed by atoms with Gasteiger partial charge in [-0.1, -0.05) is 18.2 Å². The molecule has 0 saturated carbocycles. The van der Waals surface area contributed by atoms with Gasteiger partial charge >= 0.3 is 0 Å². The summed E-state index contributed by atoms with van der Waals surface area (Å²) >= 11 is 1.62. The molecule has 0 spiro atoms. The second-order valence-corrected chi connectivity index (χ2v) is 5.98. The first-order valence-corrected chi connectivity index (χ1v) is 7.40. The van der Waals surface area contributed by atoms with Crippen LogP contribution in [-0.4, -0.2) is 22.8 Å². The maximum absolute atomic E-state index is 10.3. The first-order chi connectivity index (χ1) is 9.22. The van der Waals surface area contributed by atoms with E-state index in [0.717, 1.165) is 22.9 Å². The molecule has 4 heteroatoms. The largest absolute Gasteiger partial charge is 0.493 e. The van der Waals surface area contributed by atoms with E-state index >= 15 is 0 Å². The van der Waals surface area contributed by atoms with Gasteiger partial charge in [0.05, 0.1) is 17.7 Å². The average Bonchev–Trinajstić information content (AvgIpc) is 2.83. The van der Waals surface area contributed by atoms with Crippen molar-refractivity contribution in [2.75, 3.05) is 6.61 Å². The third-order valence-corrected chi connectivity index (χ3v) is 4.49. The molecule has 2 unspecified atom stereocenters. The van der Waals surface area contributed by atoms with E-state index in [1.54, 1.807) is 11.3 Å². The lowest BCUT2D eigenvalue weighted by atomic mass is 9.91. The fourth-order valence-electron chi connectivity index (χ4n) is 2.44. The number of nitrogens with zero attached hydrogens (tertiary/aromatic N) is 1. The van der Waals surface area contributed by atoms with E-state index < -0.39 is 0 Å². The summed E-state index contributed by atoms with van der Waals surface area (Å²) in [6, 6.07) is 8.05. The standard InChI is InChI=1S/C15H17NO2S/c1-10-9-19-15(16-10)7-13(17)12-6-11-4-2-3-5-14(11)18-8-12/h2-5,9,12-13,17H,6-8H2,1H3. The van der Waals surface area contributed by atoms with Crippen LogP contribution >= 0.6 is 11.3 Å². The smallest absolute Gasteiger partial charge is 0.122 e. The molecular weight excluding hydrogens is 258 g/mol. The normalized spacial score (nSPS) is 19.6. The first-order valence-electron chi connectivity index (χ1n) is 6.52. The molecule has 2 atom stereocenters. The Balaban J connectivity index is 1.67. The maximum atomic E-state index is 10.3. The quantitative estimate of drug-likeness (QED) is 0.936. The van der Waals surface area contributed by atoms with Crippen molar-refractivity contribution in [3.8, 4) is 5.75 Å². The van der Waals surface area contributed by atoms with E-state index in [4.69, 9.17) is 4.74 Å². The third kappa shape index (κ3) is 2.80. The number of ether oxygens (including phenoxy) is 1. The fourth-order valence-corrected chi connectivity index (χ4v) is 3.26. The van der Waals surface area contributed by atoms with Crippen LogP contribution < -0.4 is 4.74 Å². The Bertz CT molecular complexity index is 567. The molecule has 3 rings (SSSR count). The van der Waals surface area contributed by atoms with E-state index in [1.165, 1.54) is 5.56 Å². The molecule has 3 nitrogen and oxygen atoms in total. The number of rotatable bonds is 3. The number of aliphatic hydroxyl groups excluding tert-OH is 1. The van der Waals surface area contributed by atoms with Crippen LogP contribution in [-0.2, 0) is 12.8 Å². The number of thiazole rings is 1. The Morgan fingerprint density at radius 3 is 3.11 bits per heavy atom. The SMILES string of the molecule is Cc1csc(CC(O)C2COc3ccccc3C2)n1. The Kier molecular flexibility index (Phi) is 3.53. The van der Waals surface area contributed by atoms with Gasteiger partial charge in [-0.25, -0.2) is 4.98 Å². The number of aryl methyl sites for hydroxylation is 1. The zero-order chi connectivity index (χ0) is 13.2. The van der Waals surface area contributed by atoms with Crippen LogP contribution in [0.1, 0.15) is 16.3 Å². The topological polar surface area (TPSA) is 42.4 Å². The van der Waals surface area contributed by atoms with E-state index in [1.807, 2.05) is 30.5 Å². The highest BCUT2D eigenvalue weighted by Gasteiger charge is 2.26. The molecule has 1 aromatic heterocycles. The average molecular weight is 275 g/mol. The molecule has 1 N–H and O–H groups in total. The second kappa shape index (κ2) is 5.31. The molecule has 0 fully saturated rings. The Morgan fingerprint density at radius 2 is 2.32 bits per heavy atom. The monoisotopic (exact) mass is 275 g/mol. The highest BCUT2D eigenvalue weighted by molar-refractivity contribution is 7.09. The summed E-state index contributed by atoms with van der Waals surface area (Å²) in [6.45, 7) is 2.56. The zero-order valence-corrected chi connectivity index (χ0v) is 11.7. The Morgan fingerprint density at radius 1 is 1.47 bits per heavy atom. The lowest BCUT2D eigenvalue weighted by Crippen LogP contribution is -2.33. The summed E-state index contributed by atoms with van der Waals surface area (Å²) in [5.41, 5.74) is 2.21. The molecule has 1 aliphatic rings. The van der Waals surface area contributed by atoms with Crippen molar-refractivity contribution in [2.45, 2.75) is 25.9 Å². The van der Waals surface area contributed by atoms with E-state index in [-0.39, 0.29) is 12.0 Å². The van der Waals surface area contributed by atoms with Gasteiger partial charge < -0.3 is 9.84 Å². The van der Waals surface area contributed by atoms with Crippen molar-refractivity contribution in [2.24, 2.45) is 5.92 Å². The number of aromatic nitrogens is 1. The number of hydrogen-bond donors (Lipinski definition) is 1. The van der Waals surface area contributed by atoms with Crippen LogP contribution in [0, 0.1) is 12.8 Å². The van der Waals surface area contributed by atoms with E-state index in [2.05, 4.69) is 11.1 Å². The molecule has 2 heterocycles. The molecule has 2 aromatic rings. The van der Waals surface area contributed by atoms with Crippen LogP contribution in [0.5, 0.6) is 5.75 Å². The van der Waals surface area contributed by atoms with Gasteiger partial charge in [-0.2, -0.15) is 0 Å². The maximum Gasteiger partial charge on any atom is 0.122 e. The molecule has 0 radical (unpaired) electrons. The zero-order valence-electron chi connectivity index (χ0n) is 10.9. The van der Waals surface area contributed by atoms with Crippen molar-refractivity contribution >= 4 is 11.3 Å². The van der Waals surface area contributed by atoms with Crippen molar-refractivity contribution in [3.63, 3.8) is 0 Å². The first kappa shape index (κ1) is 12.6. The van der Waals surface area contributed by atoms with Gasteiger partial charge in [0.25, 0.3) is 0 Å². The van der Waals surface area contributed by atoms with E-state index in [9.17, 15) is 5.11 Å². The van der Waals surface area contributed by atoms with Gasteiger partial charge in [-0.05, 0) is 25.0 Å².